The molecule has 0 spiro atoms. The van der Waals surface area contributed by atoms with Crippen LogP contribution in [0.15, 0.2) is 30.4 Å². The van der Waals surface area contributed by atoms with Crippen LogP contribution in [-0.4, -0.2) is 34.9 Å². The Bertz CT molecular complexity index is 562. The normalized spacial score (nSPS) is 26.4. The Hall–Kier alpha value is -0.740. The smallest absolute Gasteiger partial charge is 0.121 e. The summed E-state index contributed by atoms with van der Waals surface area (Å²) in [5, 5.41) is 20.0. The van der Waals surface area contributed by atoms with Gasteiger partial charge in [0, 0.05) is 22.9 Å². The van der Waals surface area contributed by atoms with E-state index in [1.165, 1.54) is 0 Å². The van der Waals surface area contributed by atoms with Crippen LogP contribution in [0.5, 0.6) is 5.75 Å². The van der Waals surface area contributed by atoms with Crippen LogP contribution in [-0.2, 0) is 6.42 Å². The number of aliphatic hydroxyl groups excluding tert-OH is 2. The molecule has 0 saturated heterocycles. The molecule has 2 N–H and O–H groups in total. The summed E-state index contributed by atoms with van der Waals surface area (Å²) in [4.78, 5) is 0. The molecule has 1 aromatic carbocycles. The molecule has 0 bridgehead atoms. The Balaban J connectivity index is 1.99. The first-order chi connectivity index (χ1) is 12.0. The summed E-state index contributed by atoms with van der Waals surface area (Å²) in [6, 6.07) is 5.47. The van der Waals surface area contributed by atoms with Gasteiger partial charge in [-0.2, -0.15) is 0 Å². The molecule has 1 aromatic rings. The summed E-state index contributed by atoms with van der Waals surface area (Å²) in [7, 11) is 0. The van der Waals surface area contributed by atoms with Crippen molar-refractivity contribution in [3.63, 3.8) is 0 Å². The van der Waals surface area contributed by atoms with Gasteiger partial charge >= 0.3 is 0 Å². The van der Waals surface area contributed by atoms with Crippen LogP contribution in [0.2, 0.25) is 5.02 Å². The molecule has 4 atom stereocenters. The molecule has 5 heteroatoms. The fourth-order valence-electron chi connectivity index (χ4n) is 3.40. The van der Waals surface area contributed by atoms with Crippen molar-refractivity contribution in [2.24, 2.45) is 11.8 Å². The van der Waals surface area contributed by atoms with Gasteiger partial charge in [-0.1, -0.05) is 37.1 Å². The highest BCUT2D eigenvalue weighted by Crippen LogP contribution is 2.39. The molecule has 0 aliphatic heterocycles. The fraction of sp³-hybridized carbons (Fsp3) is 0.600. The van der Waals surface area contributed by atoms with Crippen molar-refractivity contribution in [3.8, 4) is 5.75 Å². The third-order valence-electron chi connectivity index (χ3n) is 4.78. The van der Waals surface area contributed by atoms with E-state index in [2.05, 4.69) is 19.1 Å². The van der Waals surface area contributed by atoms with Gasteiger partial charge in [0.15, 0.2) is 0 Å². The predicted molar refractivity (Wildman–Crippen MR) is 104 cm³/mol. The summed E-state index contributed by atoms with van der Waals surface area (Å²) in [6.07, 6.45) is 8.13. The molecule has 0 radical (unpaired) electrons. The average molecular weight is 387 g/mol. The molecular formula is C20H28Cl2O3. The zero-order chi connectivity index (χ0) is 18.2. The number of unbranched alkanes of at least 4 members (excludes halogenated alkanes) is 1. The van der Waals surface area contributed by atoms with Crippen molar-refractivity contribution >= 4 is 23.2 Å². The monoisotopic (exact) mass is 386 g/mol. The zero-order valence-corrected chi connectivity index (χ0v) is 16.2. The van der Waals surface area contributed by atoms with E-state index >= 15 is 0 Å². The molecular weight excluding hydrogens is 359 g/mol. The average Bonchev–Trinajstić information content (AvgIpc) is 2.83. The third kappa shape index (κ3) is 6.18. The van der Waals surface area contributed by atoms with Gasteiger partial charge in [-0.15, -0.1) is 11.6 Å². The summed E-state index contributed by atoms with van der Waals surface area (Å²) in [6.45, 7) is 2.64. The van der Waals surface area contributed by atoms with Crippen molar-refractivity contribution in [2.45, 2.75) is 50.5 Å². The van der Waals surface area contributed by atoms with E-state index in [9.17, 15) is 5.11 Å². The third-order valence-corrected chi connectivity index (χ3v) is 5.50. The van der Waals surface area contributed by atoms with Crippen molar-refractivity contribution in [1.82, 2.24) is 0 Å². The number of benzene rings is 1. The maximum atomic E-state index is 10.4. The van der Waals surface area contributed by atoms with Crippen molar-refractivity contribution in [1.29, 1.82) is 0 Å². The van der Waals surface area contributed by atoms with E-state index < -0.39 is 6.10 Å². The predicted octanol–water partition coefficient (Wildman–Crippen LogP) is 4.60. The number of ether oxygens (including phenoxy) is 1. The molecule has 0 amide bonds. The first-order valence-electron chi connectivity index (χ1n) is 9.05. The largest absolute Gasteiger partial charge is 0.493 e. The van der Waals surface area contributed by atoms with Gasteiger partial charge in [-0.05, 0) is 55.4 Å². The SMILES string of the molecule is CCC/C=C\C[C@@H]1[C@@H](COc2cc(Cl)cc(CCO)c2)[C@H](O)C[C@H]1Cl. The Morgan fingerprint density at radius 2 is 2.04 bits per heavy atom. The molecule has 0 aromatic heterocycles. The van der Waals surface area contributed by atoms with Crippen molar-refractivity contribution < 1.29 is 14.9 Å². The molecule has 0 unspecified atom stereocenters. The van der Waals surface area contributed by atoms with Crippen molar-refractivity contribution in [2.75, 3.05) is 13.2 Å². The maximum absolute atomic E-state index is 10.4. The quantitative estimate of drug-likeness (QED) is 0.481. The first kappa shape index (κ1) is 20.6. The maximum Gasteiger partial charge on any atom is 0.121 e. The van der Waals surface area contributed by atoms with Crippen LogP contribution in [0.3, 0.4) is 0 Å². The summed E-state index contributed by atoms with van der Waals surface area (Å²) < 4.78 is 5.93. The fourth-order valence-corrected chi connectivity index (χ4v) is 4.12. The second-order valence-electron chi connectivity index (χ2n) is 6.72. The van der Waals surface area contributed by atoms with E-state index in [0.717, 1.165) is 24.8 Å². The number of aliphatic hydroxyl groups is 2. The number of rotatable bonds is 9. The molecule has 140 valence electrons. The lowest BCUT2D eigenvalue weighted by Crippen LogP contribution is -2.27. The highest BCUT2D eigenvalue weighted by Gasteiger charge is 2.41. The van der Waals surface area contributed by atoms with Gasteiger partial charge in [0.2, 0.25) is 0 Å². The number of hydrogen-bond donors (Lipinski definition) is 2. The first-order valence-corrected chi connectivity index (χ1v) is 9.86. The van der Waals surface area contributed by atoms with E-state index in [-0.39, 0.29) is 23.8 Å². The second-order valence-corrected chi connectivity index (χ2v) is 7.72. The van der Waals surface area contributed by atoms with E-state index in [4.69, 9.17) is 33.0 Å². The van der Waals surface area contributed by atoms with Gasteiger partial charge in [-0.25, -0.2) is 0 Å². The Kier molecular flexibility index (Phi) is 8.57. The Morgan fingerprint density at radius 1 is 1.24 bits per heavy atom. The summed E-state index contributed by atoms with van der Waals surface area (Å²) in [5.74, 6) is 0.886. The molecule has 1 fully saturated rings. The zero-order valence-electron chi connectivity index (χ0n) is 14.7. The molecule has 1 aliphatic rings. The highest BCUT2D eigenvalue weighted by atomic mass is 35.5. The standard InChI is InChI=1S/C20H28Cl2O3/c1-2-3-4-5-6-17-18(20(24)12-19(17)22)13-25-16-10-14(7-8-23)9-15(21)11-16/h4-5,9-11,17-20,23-24H,2-3,6-8,12-13H2,1H3/b5-4-/t17-,18-,19-,20-/m1/s1. The topological polar surface area (TPSA) is 49.7 Å². The summed E-state index contributed by atoms with van der Waals surface area (Å²) >= 11 is 12.6. The lowest BCUT2D eigenvalue weighted by molar-refractivity contribution is 0.0807. The lowest BCUT2D eigenvalue weighted by atomic mass is 9.92. The lowest BCUT2D eigenvalue weighted by Gasteiger charge is -2.23. The molecule has 2 rings (SSSR count). The minimum Gasteiger partial charge on any atom is -0.493 e. The van der Waals surface area contributed by atoms with Gasteiger partial charge in [-0.3, -0.25) is 0 Å². The molecule has 25 heavy (non-hydrogen) atoms. The Labute approximate surface area is 160 Å². The van der Waals surface area contributed by atoms with E-state index in [0.29, 0.717) is 30.2 Å². The van der Waals surface area contributed by atoms with Gasteiger partial charge in [0.05, 0.1) is 12.7 Å². The van der Waals surface area contributed by atoms with Gasteiger partial charge in [0.25, 0.3) is 0 Å². The van der Waals surface area contributed by atoms with Crippen molar-refractivity contribution in [3.05, 3.63) is 40.9 Å². The molecule has 3 nitrogen and oxygen atoms in total. The van der Waals surface area contributed by atoms with Crippen LogP contribution in [0.4, 0.5) is 0 Å². The minimum atomic E-state index is -0.442. The van der Waals surface area contributed by atoms with E-state index in [1.54, 1.807) is 6.07 Å². The van der Waals surface area contributed by atoms with Crippen LogP contribution in [0.1, 0.15) is 38.2 Å². The highest BCUT2D eigenvalue weighted by molar-refractivity contribution is 6.30. The summed E-state index contributed by atoms with van der Waals surface area (Å²) in [5.41, 5.74) is 0.936. The number of hydrogen-bond acceptors (Lipinski definition) is 3. The number of allylic oxidation sites excluding steroid dienone is 2. The van der Waals surface area contributed by atoms with Gasteiger partial charge < -0.3 is 14.9 Å². The molecule has 1 saturated carbocycles. The van der Waals surface area contributed by atoms with Crippen LogP contribution >= 0.6 is 23.2 Å². The van der Waals surface area contributed by atoms with Crippen LogP contribution in [0.25, 0.3) is 0 Å². The van der Waals surface area contributed by atoms with Crippen LogP contribution < -0.4 is 4.74 Å². The molecule has 1 aliphatic carbocycles. The minimum absolute atomic E-state index is 0.00838. The second kappa shape index (κ2) is 10.4. The van der Waals surface area contributed by atoms with E-state index in [1.807, 2.05) is 12.1 Å². The van der Waals surface area contributed by atoms with Gasteiger partial charge in [0.1, 0.15) is 5.75 Å². The molecule has 0 heterocycles. The van der Waals surface area contributed by atoms with Crippen LogP contribution in [0, 0.1) is 11.8 Å². The Morgan fingerprint density at radius 3 is 2.76 bits per heavy atom. The number of halogens is 2. The number of alkyl halides is 1.